The summed E-state index contributed by atoms with van der Waals surface area (Å²) in [5.74, 6) is -1.50. The van der Waals surface area contributed by atoms with E-state index in [4.69, 9.17) is 16.3 Å². The predicted octanol–water partition coefficient (Wildman–Crippen LogP) is 3.43. The molecular weight excluding hydrogens is 418 g/mol. The molecule has 0 saturated heterocycles. The molecule has 0 aliphatic heterocycles. The summed E-state index contributed by atoms with van der Waals surface area (Å²) in [5.41, 5.74) is 0.963. The molecule has 1 N–H and O–H groups in total. The highest BCUT2D eigenvalue weighted by molar-refractivity contribution is 7.07. The van der Waals surface area contributed by atoms with Crippen molar-refractivity contribution in [3.05, 3.63) is 44.0 Å². The highest BCUT2D eigenvalue weighted by atomic mass is 35.5. The quantitative estimate of drug-likeness (QED) is 0.643. The molecular formula is C17H17ClF2N2O5S. The van der Waals surface area contributed by atoms with Crippen LogP contribution >= 0.6 is 22.9 Å². The van der Waals surface area contributed by atoms with Crippen molar-refractivity contribution < 1.29 is 27.8 Å². The van der Waals surface area contributed by atoms with Crippen LogP contribution < -0.4 is 14.9 Å². The Balaban J connectivity index is 1.87. The van der Waals surface area contributed by atoms with Crippen molar-refractivity contribution >= 4 is 40.5 Å². The minimum Gasteiger partial charge on any atom is -0.452 e. The van der Waals surface area contributed by atoms with Crippen molar-refractivity contribution in [2.45, 2.75) is 39.5 Å². The normalized spacial score (nSPS) is 11.9. The highest BCUT2D eigenvalue weighted by Gasteiger charge is 2.19. The van der Waals surface area contributed by atoms with Crippen LogP contribution in [0.25, 0.3) is 0 Å². The number of carbonyl (C=O) groups excluding carboxylic acids is 2. The lowest BCUT2D eigenvalue weighted by Gasteiger charge is -2.14. The Bertz CT molecular complexity index is 915. The second-order valence-corrected chi connectivity index (χ2v) is 6.92. The average Bonchev–Trinajstić information content (AvgIpc) is 2.93. The molecule has 0 fully saturated rings. The summed E-state index contributed by atoms with van der Waals surface area (Å²) < 4.78 is 35.1. The van der Waals surface area contributed by atoms with Crippen LogP contribution in [0.2, 0.25) is 5.02 Å². The van der Waals surface area contributed by atoms with Gasteiger partial charge in [-0.1, -0.05) is 22.9 Å². The summed E-state index contributed by atoms with van der Waals surface area (Å²) in [6, 6.07) is 3.74. The molecule has 2 aromatic rings. The lowest BCUT2D eigenvalue weighted by molar-refractivity contribution is -0.153. The maximum atomic E-state index is 12.2. The number of carbonyl (C=O) groups is 2. The van der Waals surface area contributed by atoms with Crippen LogP contribution in [0.15, 0.2) is 28.4 Å². The van der Waals surface area contributed by atoms with Crippen LogP contribution in [0.4, 0.5) is 14.5 Å². The maximum Gasteiger partial charge on any atom is 0.387 e. The van der Waals surface area contributed by atoms with Gasteiger partial charge in [0.05, 0.1) is 11.4 Å². The zero-order valence-corrected chi connectivity index (χ0v) is 16.5. The Morgan fingerprint density at radius 3 is 2.64 bits per heavy atom. The molecule has 1 unspecified atom stereocenters. The first kappa shape index (κ1) is 21.8. The number of hydrogen-bond acceptors (Lipinski definition) is 6. The van der Waals surface area contributed by atoms with Crippen LogP contribution in [-0.2, 0) is 20.9 Å². The molecule has 7 nitrogen and oxygen atoms in total. The van der Waals surface area contributed by atoms with E-state index >= 15 is 0 Å². The molecule has 28 heavy (non-hydrogen) atoms. The molecule has 0 aliphatic carbocycles. The molecule has 1 aromatic heterocycles. The van der Waals surface area contributed by atoms with E-state index in [0.29, 0.717) is 0 Å². The van der Waals surface area contributed by atoms with E-state index in [9.17, 15) is 23.2 Å². The molecule has 152 valence electrons. The number of thiazole rings is 1. The number of rotatable bonds is 8. The standard InChI is InChI=1S/C17H17ClF2N2O5S/c1-9-8-28-17(25)22(9)6-5-14(23)26-10(2)15(24)21-11-3-4-13(12(18)7-11)27-16(19)20/h3-4,7-8,10,16H,5-6H2,1-2H3,(H,21,24). The van der Waals surface area contributed by atoms with Gasteiger partial charge in [-0.15, -0.1) is 0 Å². The SMILES string of the molecule is Cc1csc(=O)n1CCC(=O)OC(C)C(=O)Nc1ccc(OC(F)F)c(Cl)c1. The van der Waals surface area contributed by atoms with E-state index in [0.717, 1.165) is 17.0 Å². The smallest absolute Gasteiger partial charge is 0.387 e. The number of ether oxygens (including phenoxy) is 2. The van der Waals surface area contributed by atoms with Gasteiger partial charge in [-0.05, 0) is 32.0 Å². The summed E-state index contributed by atoms with van der Waals surface area (Å²) in [7, 11) is 0. The van der Waals surface area contributed by atoms with Crippen molar-refractivity contribution in [3.63, 3.8) is 0 Å². The zero-order valence-electron chi connectivity index (χ0n) is 14.9. The van der Waals surface area contributed by atoms with Crippen LogP contribution in [0.1, 0.15) is 19.0 Å². The Kier molecular flexibility index (Phi) is 7.53. The number of aromatic nitrogens is 1. The monoisotopic (exact) mass is 434 g/mol. The number of nitrogens with zero attached hydrogens (tertiary/aromatic N) is 1. The Morgan fingerprint density at radius 1 is 1.36 bits per heavy atom. The first-order valence-corrected chi connectivity index (χ1v) is 9.32. The van der Waals surface area contributed by atoms with Gasteiger partial charge in [0.1, 0.15) is 5.75 Å². The number of amides is 1. The van der Waals surface area contributed by atoms with Crippen molar-refractivity contribution in [1.82, 2.24) is 4.57 Å². The molecule has 0 radical (unpaired) electrons. The molecule has 0 aliphatic rings. The summed E-state index contributed by atoms with van der Waals surface area (Å²) in [6.45, 7) is 0.265. The minimum absolute atomic E-state index is 0.0689. The number of alkyl halides is 2. The van der Waals surface area contributed by atoms with E-state index in [-0.39, 0.29) is 34.3 Å². The van der Waals surface area contributed by atoms with E-state index in [2.05, 4.69) is 10.1 Å². The molecule has 0 saturated carbocycles. The number of anilines is 1. The third-order valence-electron chi connectivity index (χ3n) is 3.61. The summed E-state index contributed by atoms with van der Waals surface area (Å²) in [5, 5.41) is 4.03. The van der Waals surface area contributed by atoms with E-state index in [1.807, 2.05) is 0 Å². The molecule has 0 spiro atoms. The van der Waals surface area contributed by atoms with Gasteiger partial charge in [0.15, 0.2) is 6.10 Å². The molecule has 1 aromatic carbocycles. The third-order valence-corrected chi connectivity index (χ3v) is 4.79. The number of halogens is 3. The Hall–Kier alpha value is -2.46. The van der Waals surface area contributed by atoms with Crippen LogP contribution in [0.5, 0.6) is 5.75 Å². The van der Waals surface area contributed by atoms with Crippen molar-refractivity contribution in [3.8, 4) is 5.75 Å². The summed E-state index contributed by atoms with van der Waals surface area (Å²) >= 11 is 6.85. The van der Waals surface area contributed by atoms with Crippen molar-refractivity contribution in [1.29, 1.82) is 0 Å². The van der Waals surface area contributed by atoms with Gasteiger partial charge in [0, 0.05) is 23.3 Å². The summed E-state index contributed by atoms with van der Waals surface area (Å²) in [6.07, 6.45) is -1.18. The fourth-order valence-electron chi connectivity index (χ4n) is 2.20. The van der Waals surface area contributed by atoms with E-state index in [1.165, 1.54) is 29.7 Å². The lowest BCUT2D eigenvalue weighted by atomic mass is 10.2. The fraction of sp³-hybridized carbons (Fsp3) is 0.353. The van der Waals surface area contributed by atoms with Gasteiger partial charge in [-0.2, -0.15) is 8.78 Å². The first-order chi connectivity index (χ1) is 13.2. The topological polar surface area (TPSA) is 86.6 Å². The number of nitrogens with one attached hydrogen (secondary N) is 1. The molecule has 11 heteroatoms. The first-order valence-electron chi connectivity index (χ1n) is 8.07. The third kappa shape index (κ3) is 6.03. The molecule has 1 atom stereocenters. The van der Waals surface area contributed by atoms with Crippen LogP contribution in [0, 0.1) is 6.92 Å². The van der Waals surface area contributed by atoms with Gasteiger partial charge in [-0.3, -0.25) is 14.4 Å². The number of esters is 1. The maximum absolute atomic E-state index is 12.2. The van der Waals surface area contributed by atoms with Crippen molar-refractivity contribution in [2.75, 3.05) is 5.32 Å². The van der Waals surface area contributed by atoms with Crippen LogP contribution in [0.3, 0.4) is 0 Å². The van der Waals surface area contributed by atoms with Crippen LogP contribution in [-0.4, -0.2) is 29.2 Å². The van der Waals surface area contributed by atoms with Crippen molar-refractivity contribution in [2.24, 2.45) is 0 Å². The van der Waals surface area contributed by atoms with Gasteiger partial charge in [0.2, 0.25) is 0 Å². The van der Waals surface area contributed by atoms with Gasteiger partial charge in [-0.25, -0.2) is 0 Å². The number of hydrogen-bond donors (Lipinski definition) is 1. The van der Waals surface area contributed by atoms with Gasteiger partial charge < -0.3 is 19.4 Å². The van der Waals surface area contributed by atoms with Gasteiger partial charge >= 0.3 is 17.5 Å². The summed E-state index contributed by atoms with van der Waals surface area (Å²) in [4.78, 5) is 35.5. The largest absolute Gasteiger partial charge is 0.452 e. The lowest BCUT2D eigenvalue weighted by Crippen LogP contribution is -2.30. The Morgan fingerprint density at radius 2 is 2.07 bits per heavy atom. The fourth-order valence-corrected chi connectivity index (χ4v) is 3.19. The predicted molar refractivity (Wildman–Crippen MR) is 100 cm³/mol. The minimum atomic E-state index is -3.02. The number of benzene rings is 1. The molecule has 2 rings (SSSR count). The molecule has 1 amide bonds. The second-order valence-electron chi connectivity index (χ2n) is 5.69. The van der Waals surface area contributed by atoms with Gasteiger partial charge in [0.25, 0.3) is 5.91 Å². The number of aryl methyl sites for hydroxylation is 1. The van der Waals surface area contributed by atoms with E-state index in [1.54, 1.807) is 12.3 Å². The molecule has 0 bridgehead atoms. The second kappa shape index (κ2) is 9.65. The zero-order chi connectivity index (χ0) is 20.8. The highest BCUT2D eigenvalue weighted by Crippen LogP contribution is 2.29. The molecule has 1 heterocycles. The average molecular weight is 435 g/mol. The Labute approximate surface area is 167 Å². The van der Waals surface area contributed by atoms with E-state index < -0.39 is 24.6 Å².